The van der Waals surface area contributed by atoms with Crippen LogP contribution >= 0.6 is 0 Å². The average molecular weight is 200 g/mol. The molecule has 2 heterocycles. The smallest absolute Gasteiger partial charge is 0.0918 e. The number of hydrogen-bond acceptors (Lipinski definition) is 2. The number of rotatable bonds is 0. The predicted octanol–water partition coefficient (Wildman–Crippen LogP) is 3.15. The molecule has 0 amide bonds. The molecule has 84 valence electrons. The van der Waals surface area contributed by atoms with Crippen molar-refractivity contribution < 1.29 is 9.47 Å². The minimum absolute atomic E-state index is 0.146. The van der Waals surface area contributed by atoms with E-state index in [9.17, 15) is 0 Å². The molecule has 0 aromatic heterocycles. The zero-order chi connectivity index (χ0) is 11.4. The zero-order valence-corrected chi connectivity index (χ0v) is 10.8. The molecule has 2 fully saturated rings. The first kappa shape index (κ1) is 12.0. The summed E-state index contributed by atoms with van der Waals surface area (Å²) in [6, 6.07) is 0. The second-order valence-corrected chi connectivity index (χ2v) is 6.25. The third-order valence-electron chi connectivity index (χ3n) is 3.84. The fourth-order valence-corrected chi connectivity index (χ4v) is 1.22. The van der Waals surface area contributed by atoms with Crippen LogP contribution in [0.5, 0.6) is 0 Å². The highest BCUT2D eigenvalue weighted by molar-refractivity contribution is 5.04. The van der Waals surface area contributed by atoms with Gasteiger partial charge in [0.1, 0.15) is 0 Å². The Morgan fingerprint density at radius 3 is 0.500 bits per heavy atom. The van der Waals surface area contributed by atoms with Crippen molar-refractivity contribution in [3.05, 3.63) is 0 Å². The molecule has 0 aliphatic carbocycles. The maximum Gasteiger partial charge on any atom is 0.0918 e. The fraction of sp³-hybridized carbons (Fsp3) is 1.00. The summed E-state index contributed by atoms with van der Waals surface area (Å²) in [6.45, 7) is 16.8. The van der Waals surface area contributed by atoms with Gasteiger partial charge in [-0.25, -0.2) is 0 Å². The second kappa shape index (κ2) is 2.73. The SMILES string of the molecule is CC1(C)OC1(C)C.CC1(C)OC1(C)C. The van der Waals surface area contributed by atoms with Crippen molar-refractivity contribution in [1.29, 1.82) is 0 Å². The summed E-state index contributed by atoms with van der Waals surface area (Å²) in [4.78, 5) is 0. The van der Waals surface area contributed by atoms with E-state index in [1.54, 1.807) is 0 Å². The van der Waals surface area contributed by atoms with Gasteiger partial charge in [-0.15, -0.1) is 0 Å². The van der Waals surface area contributed by atoms with Crippen LogP contribution < -0.4 is 0 Å². The molecule has 2 aliphatic heterocycles. The highest BCUT2D eigenvalue weighted by atomic mass is 16.6. The standard InChI is InChI=1S/2C6H12O/c2*1-5(2)6(3,4)7-5/h2*1-4H3. The fourth-order valence-electron chi connectivity index (χ4n) is 1.22. The topological polar surface area (TPSA) is 25.1 Å². The number of epoxide rings is 2. The van der Waals surface area contributed by atoms with Gasteiger partial charge >= 0.3 is 0 Å². The van der Waals surface area contributed by atoms with Crippen LogP contribution in [0, 0.1) is 0 Å². The molecule has 2 aliphatic rings. The van der Waals surface area contributed by atoms with Crippen molar-refractivity contribution in [2.45, 2.75) is 77.8 Å². The Balaban J connectivity index is 0.000000140. The van der Waals surface area contributed by atoms with E-state index in [0.717, 1.165) is 0 Å². The molecule has 0 bridgehead atoms. The Labute approximate surface area is 88.0 Å². The van der Waals surface area contributed by atoms with Crippen molar-refractivity contribution in [2.24, 2.45) is 0 Å². The Morgan fingerprint density at radius 2 is 0.500 bits per heavy atom. The Morgan fingerprint density at radius 1 is 0.429 bits per heavy atom. The summed E-state index contributed by atoms with van der Waals surface area (Å²) < 4.78 is 10.6. The van der Waals surface area contributed by atoms with Gasteiger partial charge in [0.05, 0.1) is 22.4 Å². The van der Waals surface area contributed by atoms with Gasteiger partial charge in [-0.2, -0.15) is 0 Å². The van der Waals surface area contributed by atoms with E-state index >= 15 is 0 Å². The zero-order valence-electron chi connectivity index (χ0n) is 10.8. The minimum Gasteiger partial charge on any atom is -0.364 e. The third-order valence-corrected chi connectivity index (χ3v) is 3.84. The average Bonchev–Trinajstić information content (AvgIpc) is 2.41. The molecule has 2 saturated heterocycles. The van der Waals surface area contributed by atoms with E-state index in [-0.39, 0.29) is 22.4 Å². The summed E-state index contributed by atoms with van der Waals surface area (Å²) in [5.74, 6) is 0. The van der Waals surface area contributed by atoms with E-state index in [1.165, 1.54) is 0 Å². The molecule has 2 nitrogen and oxygen atoms in total. The van der Waals surface area contributed by atoms with Crippen LogP contribution in [0.15, 0.2) is 0 Å². The maximum atomic E-state index is 5.29. The molecule has 0 aromatic carbocycles. The molecule has 0 spiro atoms. The van der Waals surface area contributed by atoms with Gasteiger partial charge in [-0.1, -0.05) is 0 Å². The summed E-state index contributed by atoms with van der Waals surface area (Å²) in [6.07, 6.45) is 0. The molecular formula is C12H24O2. The van der Waals surface area contributed by atoms with E-state index in [4.69, 9.17) is 9.47 Å². The first-order valence-electron chi connectivity index (χ1n) is 5.32. The molecule has 0 atom stereocenters. The maximum absolute atomic E-state index is 5.29. The highest BCUT2D eigenvalue weighted by Crippen LogP contribution is 2.46. The monoisotopic (exact) mass is 200 g/mol. The van der Waals surface area contributed by atoms with Crippen LogP contribution in [0.1, 0.15) is 55.4 Å². The lowest BCUT2D eigenvalue weighted by Crippen LogP contribution is -2.10. The van der Waals surface area contributed by atoms with Gasteiger partial charge in [-0.3, -0.25) is 0 Å². The van der Waals surface area contributed by atoms with Crippen molar-refractivity contribution in [3.63, 3.8) is 0 Å². The second-order valence-electron chi connectivity index (χ2n) is 6.25. The number of ether oxygens (including phenoxy) is 2. The van der Waals surface area contributed by atoms with Gasteiger partial charge < -0.3 is 9.47 Å². The van der Waals surface area contributed by atoms with Crippen LogP contribution in [0.25, 0.3) is 0 Å². The lowest BCUT2D eigenvalue weighted by Gasteiger charge is -1.95. The molecule has 0 radical (unpaired) electrons. The first-order valence-corrected chi connectivity index (χ1v) is 5.32. The van der Waals surface area contributed by atoms with Crippen LogP contribution in [0.4, 0.5) is 0 Å². The quantitative estimate of drug-likeness (QED) is 0.561. The van der Waals surface area contributed by atoms with Gasteiger partial charge in [0.15, 0.2) is 0 Å². The Kier molecular flexibility index (Phi) is 2.34. The lowest BCUT2D eigenvalue weighted by atomic mass is 10.0. The largest absolute Gasteiger partial charge is 0.364 e. The first-order chi connectivity index (χ1) is 5.91. The highest BCUT2D eigenvalue weighted by Gasteiger charge is 2.56. The summed E-state index contributed by atoms with van der Waals surface area (Å²) in [7, 11) is 0. The normalized spacial score (nSPS) is 32.6. The lowest BCUT2D eigenvalue weighted by molar-refractivity contribution is 0.295. The molecule has 2 rings (SSSR count). The molecular weight excluding hydrogens is 176 g/mol. The molecule has 14 heavy (non-hydrogen) atoms. The third kappa shape index (κ3) is 2.12. The molecule has 0 aromatic rings. The van der Waals surface area contributed by atoms with Crippen LogP contribution in [-0.4, -0.2) is 22.4 Å². The van der Waals surface area contributed by atoms with Gasteiger partial charge in [0.25, 0.3) is 0 Å². The van der Waals surface area contributed by atoms with E-state index in [2.05, 4.69) is 55.4 Å². The molecule has 2 heteroatoms. The number of hydrogen-bond donors (Lipinski definition) is 0. The Hall–Kier alpha value is -0.0800. The van der Waals surface area contributed by atoms with Gasteiger partial charge in [-0.05, 0) is 55.4 Å². The van der Waals surface area contributed by atoms with Crippen molar-refractivity contribution in [2.75, 3.05) is 0 Å². The van der Waals surface area contributed by atoms with Crippen molar-refractivity contribution >= 4 is 0 Å². The Bertz CT molecular complexity index is 187. The molecule has 0 unspecified atom stereocenters. The minimum atomic E-state index is 0.146. The molecule has 0 saturated carbocycles. The van der Waals surface area contributed by atoms with Crippen LogP contribution in [0.2, 0.25) is 0 Å². The predicted molar refractivity (Wildman–Crippen MR) is 58.5 cm³/mol. The summed E-state index contributed by atoms with van der Waals surface area (Å²) >= 11 is 0. The molecule has 0 N–H and O–H groups in total. The van der Waals surface area contributed by atoms with E-state index in [1.807, 2.05) is 0 Å². The summed E-state index contributed by atoms with van der Waals surface area (Å²) in [5.41, 5.74) is 0.583. The van der Waals surface area contributed by atoms with Crippen molar-refractivity contribution in [3.8, 4) is 0 Å². The van der Waals surface area contributed by atoms with Crippen LogP contribution in [0.3, 0.4) is 0 Å². The van der Waals surface area contributed by atoms with Crippen molar-refractivity contribution in [1.82, 2.24) is 0 Å². The van der Waals surface area contributed by atoms with Gasteiger partial charge in [0.2, 0.25) is 0 Å². The van der Waals surface area contributed by atoms with Gasteiger partial charge in [0, 0.05) is 0 Å². The van der Waals surface area contributed by atoms with E-state index < -0.39 is 0 Å². The summed E-state index contributed by atoms with van der Waals surface area (Å²) in [5, 5.41) is 0. The van der Waals surface area contributed by atoms with Crippen LogP contribution in [-0.2, 0) is 9.47 Å². The van der Waals surface area contributed by atoms with E-state index in [0.29, 0.717) is 0 Å².